The first-order chi connectivity index (χ1) is 12.0. The number of nitrogens with zero attached hydrogens (tertiary/aromatic N) is 2. The minimum absolute atomic E-state index is 0.184. The molecule has 2 aromatic rings. The highest BCUT2D eigenvalue weighted by atomic mass is 79.9. The van der Waals surface area contributed by atoms with Crippen LogP contribution in [0, 0.1) is 0 Å². The number of amides is 2. The number of methoxy groups -OCH3 is 1. The number of benzene rings is 1. The fourth-order valence-electron chi connectivity index (χ4n) is 2.88. The van der Waals surface area contributed by atoms with Gasteiger partial charge in [0.15, 0.2) is 0 Å². The number of hydrogen-bond acceptors (Lipinski definition) is 4. The molecule has 3 rings (SSSR count). The first kappa shape index (κ1) is 17.4. The van der Waals surface area contributed by atoms with Crippen molar-refractivity contribution in [2.75, 3.05) is 7.11 Å². The first-order valence-corrected chi connectivity index (χ1v) is 8.63. The van der Waals surface area contributed by atoms with Crippen molar-refractivity contribution in [2.45, 2.75) is 25.4 Å². The molecule has 1 aliphatic heterocycles. The van der Waals surface area contributed by atoms with Crippen LogP contribution >= 0.6 is 15.9 Å². The van der Waals surface area contributed by atoms with Crippen LogP contribution in [0.1, 0.15) is 24.4 Å². The zero-order chi connectivity index (χ0) is 18.0. The van der Waals surface area contributed by atoms with E-state index in [0.29, 0.717) is 16.6 Å². The molecule has 7 heteroatoms. The van der Waals surface area contributed by atoms with E-state index in [9.17, 15) is 14.4 Å². The van der Waals surface area contributed by atoms with E-state index in [1.165, 1.54) is 15.5 Å². The molecule has 1 fully saturated rings. The smallest absolute Gasteiger partial charge is 0.252 e. The number of piperidine rings is 1. The van der Waals surface area contributed by atoms with E-state index in [1.807, 2.05) is 12.1 Å². The van der Waals surface area contributed by atoms with Gasteiger partial charge >= 0.3 is 0 Å². The molecule has 25 heavy (non-hydrogen) atoms. The molecule has 1 atom stereocenters. The Labute approximate surface area is 153 Å². The van der Waals surface area contributed by atoms with Crippen LogP contribution in [0.2, 0.25) is 0 Å². The molecule has 1 aliphatic rings. The van der Waals surface area contributed by atoms with Crippen LogP contribution in [0.5, 0.6) is 5.75 Å². The van der Waals surface area contributed by atoms with Gasteiger partial charge in [0, 0.05) is 23.2 Å². The van der Waals surface area contributed by atoms with Crippen LogP contribution in [0.15, 0.2) is 51.9 Å². The summed E-state index contributed by atoms with van der Waals surface area (Å²) in [6.45, 7) is 0.184. The number of imide groups is 1. The lowest BCUT2D eigenvalue weighted by Gasteiger charge is -2.31. The fraction of sp³-hybridized carbons (Fsp3) is 0.278. The van der Waals surface area contributed by atoms with Crippen LogP contribution in [0.4, 0.5) is 0 Å². The second-order valence-corrected chi connectivity index (χ2v) is 6.73. The van der Waals surface area contributed by atoms with Gasteiger partial charge in [-0.3, -0.25) is 19.3 Å². The largest absolute Gasteiger partial charge is 0.497 e. The quantitative estimate of drug-likeness (QED) is 0.734. The Hall–Kier alpha value is -2.41. The lowest BCUT2D eigenvalue weighted by atomic mass is 10.0. The SMILES string of the molecule is COc1ccc(CN2C(=O)CCC(n3ccc(Br)cc3=O)C2=O)cc1. The summed E-state index contributed by atoms with van der Waals surface area (Å²) in [6, 6.07) is 9.66. The second-order valence-electron chi connectivity index (χ2n) is 5.81. The highest BCUT2D eigenvalue weighted by molar-refractivity contribution is 9.10. The van der Waals surface area contributed by atoms with Crippen molar-refractivity contribution in [3.8, 4) is 5.75 Å². The molecule has 1 saturated heterocycles. The van der Waals surface area contributed by atoms with E-state index in [4.69, 9.17) is 4.74 Å². The van der Waals surface area contributed by atoms with Crippen LogP contribution < -0.4 is 10.3 Å². The summed E-state index contributed by atoms with van der Waals surface area (Å²) < 4.78 is 7.15. The Morgan fingerprint density at radius 2 is 1.88 bits per heavy atom. The average molecular weight is 405 g/mol. The highest BCUT2D eigenvalue weighted by Crippen LogP contribution is 2.25. The Morgan fingerprint density at radius 1 is 1.16 bits per heavy atom. The number of rotatable bonds is 4. The predicted molar refractivity (Wildman–Crippen MR) is 95.2 cm³/mol. The van der Waals surface area contributed by atoms with Crippen molar-refractivity contribution in [3.63, 3.8) is 0 Å². The molecular formula is C18H17BrN2O4. The number of carbonyl (C=O) groups is 2. The standard InChI is InChI=1S/C18H17BrN2O4/c1-25-14-4-2-12(3-5-14)11-21-16(22)7-6-15(18(21)24)20-9-8-13(19)10-17(20)23/h2-5,8-10,15H,6-7,11H2,1H3. The molecule has 0 aliphatic carbocycles. The van der Waals surface area contributed by atoms with Crippen LogP contribution in [-0.4, -0.2) is 28.4 Å². The minimum atomic E-state index is -0.656. The van der Waals surface area contributed by atoms with E-state index in [1.54, 1.807) is 31.5 Å². The third-order valence-corrected chi connectivity index (χ3v) is 4.72. The molecule has 2 heterocycles. The summed E-state index contributed by atoms with van der Waals surface area (Å²) >= 11 is 3.24. The molecule has 0 spiro atoms. The number of hydrogen-bond donors (Lipinski definition) is 0. The second kappa shape index (κ2) is 7.23. The van der Waals surface area contributed by atoms with Crippen LogP contribution in [-0.2, 0) is 16.1 Å². The summed E-state index contributed by atoms with van der Waals surface area (Å²) in [6.07, 6.45) is 2.14. The van der Waals surface area contributed by atoms with Gasteiger partial charge in [0.1, 0.15) is 11.8 Å². The maximum absolute atomic E-state index is 12.8. The van der Waals surface area contributed by atoms with E-state index < -0.39 is 6.04 Å². The minimum Gasteiger partial charge on any atom is -0.497 e. The van der Waals surface area contributed by atoms with Crippen LogP contribution in [0.25, 0.3) is 0 Å². The molecule has 130 valence electrons. The summed E-state index contributed by atoms with van der Waals surface area (Å²) in [4.78, 5) is 38.4. The summed E-state index contributed by atoms with van der Waals surface area (Å²) in [7, 11) is 1.58. The highest BCUT2D eigenvalue weighted by Gasteiger charge is 2.35. The molecule has 6 nitrogen and oxygen atoms in total. The number of carbonyl (C=O) groups excluding carboxylic acids is 2. The monoisotopic (exact) mass is 404 g/mol. The van der Waals surface area contributed by atoms with Gasteiger partial charge in [-0.1, -0.05) is 28.1 Å². The van der Waals surface area contributed by atoms with Gasteiger partial charge in [0.05, 0.1) is 13.7 Å². The third-order valence-electron chi connectivity index (χ3n) is 4.23. The number of halogens is 1. The van der Waals surface area contributed by atoms with E-state index in [0.717, 1.165) is 5.56 Å². The number of likely N-dealkylation sites (tertiary alicyclic amines) is 1. The zero-order valence-corrected chi connectivity index (χ0v) is 15.2. The molecular weight excluding hydrogens is 388 g/mol. The van der Waals surface area contributed by atoms with Crippen molar-refractivity contribution in [1.82, 2.24) is 9.47 Å². The van der Waals surface area contributed by atoms with Crippen molar-refractivity contribution < 1.29 is 14.3 Å². The predicted octanol–water partition coefficient (Wildman–Crippen LogP) is 2.51. The van der Waals surface area contributed by atoms with Gasteiger partial charge in [-0.2, -0.15) is 0 Å². The first-order valence-electron chi connectivity index (χ1n) is 7.84. The molecule has 0 bridgehead atoms. The van der Waals surface area contributed by atoms with E-state index in [2.05, 4.69) is 15.9 Å². The third kappa shape index (κ3) is 3.66. The maximum atomic E-state index is 12.8. The number of pyridine rings is 1. The Bertz CT molecular complexity index is 860. The van der Waals surface area contributed by atoms with Gasteiger partial charge in [0.2, 0.25) is 5.91 Å². The van der Waals surface area contributed by atoms with Crippen molar-refractivity contribution in [2.24, 2.45) is 0 Å². The van der Waals surface area contributed by atoms with E-state index >= 15 is 0 Å². The maximum Gasteiger partial charge on any atom is 0.252 e. The van der Waals surface area contributed by atoms with Gasteiger partial charge in [-0.25, -0.2) is 0 Å². The van der Waals surface area contributed by atoms with Gasteiger partial charge in [-0.05, 0) is 30.2 Å². The molecule has 2 amide bonds. The lowest BCUT2D eigenvalue weighted by Crippen LogP contribution is -2.47. The molecule has 1 aromatic carbocycles. The molecule has 1 aromatic heterocycles. The zero-order valence-electron chi connectivity index (χ0n) is 13.6. The Morgan fingerprint density at radius 3 is 2.52 bits per heavy atom. The van der Waals surface area contributed by atoms with Gasteiger partial charge in [-0.15, -0.1) is 0 Å². The van der Waals surface area contributed by atoms with Crippen molar-refractivity contribution in [1.29, 1.82) is 0 Å². The summed E-state index contributed by atoms with van der Waals surface area (Å²) in [5.41, 5.74) is 0.553. The van der Waals surface area contributed by atoms with Crippen molar-refractivity contribution in [3.05, 3.63) is 63.0 Å². The summed E-state index contributed by atoms with van der Waals surface area (Å²) in [5, 5.41) is 0. The van der Waals surface area contributed by atoms with Gasteiger partial charge in [0.25, 0.3) is 11.5 Å². The summed E-state index contributed by atoms with van der Waals surface area (Å²) in [5.74, 6) is 0.137. The fourth-order valence-corrected chi connectivity index (χ4v) is 3.20. The molecule has 0 radical (unpaired) electrons. The van der Waals surface area contributed by atoms with E-state index in [-0.39, 0.29) is 30.3 Å². The Kier molecular flexibility index (Phi) is 5.03. The van der Waals surface area contributed by atoms with Crippen LogP contribution in [0.3, 0.4) is 0 Å². The molecule has 0 N–H and O–H groups in total. The topological polar surface area (TPSA) is 68.6 Å². The molecule has 1 unspecified atom stereocenters. The van der Waals surface area contributed by atoms with Gasteiger partial charge < -0.3 is 9.30 Å². The number of ether oxygens (including phenoxy) is 1. The number of aromatic nitrogens is 1. The van der Waals surface area contributed by atoms with Crippen molar-refractivity contribution >= 4 is 27.7 Å². The lowest BCUT2D eigenvalue weighted by molar-refractivity contribution is -0.151. The Balaban J connectivity index is 1.84. The molecule has 0 saturated carbocycles. The normalized spacial score (nSPS) is 17.7. The average Bonchev–Trinajstić information content (AvgIpc) is 2.60.